The molecule has 0 aromatic heterocycles. The van der Waals surface area contributed by atoms with Gasteiger partial charge in [0.25, 0.3) is 0 Å². The van der Waals surface area contributed by atoms with E-state index in [4.69, 9.17) is 0 Å². The highest BCUT2D eigenvalue weighted by Crippen LogP contribution is 2.33. The van der Waals surface area contributed by atoms with Crippen LogP contribution in [0.15, 0.2) is 29.2 Å². The predicted octanol–water partition coefficient (Wildman–Crippen LogP) is 2.45. The molecule has 1 saturated heterocycles. The lowest BCUT2D eigenvalue weighted by Gasteiger charge is -2.23. The fourth-order valence-electron chi connectivity index (χ4n) is 2.66. The monoisotopic (exact) mass is 350 g/mol. The van der Waals surface area contributed by atoms with Gasteiger partial charge in [0, 0.05) is 30.6 Å². The van der Waals surface area contributed by atoms with Crippen LogP contribution in [0.5, 0.6) is 0 Å². The average Bonchev–Trinajstić information content (AvgIpc) is 2.92. The van der Waals surface area contributed by atoms with Crippen molar-refractivity contribution >= 4 is 35.2 Å². The third kappa shape index (κ3) is 4.29. The van der Waals surface area contributed by atoms with E-state index in [1.165, 1.54) is 18.7 Å². The lowest BCUT2D eigenvalue weighted by Crippen LogP contribution is -2.38. The van der Waals surface area contributed by atoms with Crippen LogP contribution in [0.3, 0.4) is 0 Å². The lowest BCUT2D eigenvalue weighted by molar-refractivity contribution is -0.147. The third-order valence-electron chi connectivity index (χ3n) is 4.14. The van der Waals surface area contributed by atoms with E-state index in [-0.39, 0.29) is 23.6 Å². The number of carboxylic acid groups (broad SMARTS) is 1. The number of carboxylic acids is 1. The van der Waals surface area contributed by atoms with Gasteiger partial charge < -0.3 is 15.3 Å². The molecule has 2 N–H and O–H groups in total. The van der Waals surface area contributed by atoms with Gasteiger partial charge in [0.1, 0.15) is 0 Å². The van der Waals surface area contributed by atoms with E-state index in [2.05, 4.69) is 5.32 Å². The minimum Gasteiger partial charge on any atom is -0.481 e. The van der Waals surface area contributed by atoms with Crippen LogP contribution in [0.25, 0.3) is 0 Å². The molecule has 1 aliphatic rings. The molecule has 7 heteroatoms. The van der Waals surface area contributed by atoms with Crippen molar-refractivity contribution in [2.24, 2.45) is 5.41 Å². The fraction of sp³-hybridized carbons (Fsp3) is 0.471. The zero-order valence-electron chi connectivity index (χ0n) is 14.0. The van der Waals surface area contributed by atoms with E-state index < -0.39 is 11.4 Å². The zero-order valence-corrected chi connectivity index (χ0v) is 14.9. The first-order valence-corrected chi connectivity index (χ1v) is 8.66. The molecule has 0 saturated carbocycles. The minimum absolute atomic E-state index is 0.0455. The smallest absolute Gasteiger partial charge is 0.311 e. The van der Waals surface area contributed by atoms with E-state index in [1.807, 2.05) is 19.1 Å². The second kappa shape index (κ2) is 7.25. The molecule has 6 nitrogen and oxygen atoms in total. The Morgan fingerprint density at radius 3 is 2.42 bits per heavy atom. The first kappa shape index (κ1) is 18.3. The highest BCUT2D eigenvalue weighted by molar-refractivity contribution is 8.00. The van der Waals surface area contributed by atoms with Gasteiger partial charge >= 0.3 is 5.97 Å². The van der Waals surface area contributed by atoms with Crippen LogP contribution >= 0.6 is 11.8 Å². The second-order valence-electron chi connectivity index (χ2n) is 6.34. The summed E-state index contributed by atoms with van der Waals surface area (Å²) < 4.78 is 0. The largest absolute Gasteiger partial charge is 0.481 e. The maximum atomic E-state index is 12.5. The van der Waals surface area contributed by atoms with Crippen molar-refractivity contribution in [3.63, 3.8) is 0 Å². The first-order valence-electron chi connectivity index (χ1n) is 7.78. The molecule has 130 valence electrons. The SMILES string of the molecule is CC(=O)Nc1ccc(SC(C)C(=O)N2CCC(C)(C(=O)O)C2)cc1. The summed E-state index contributed by atoms with van der Waals surface area (Å²) in [6.07, 6.45) is 0.483. The van der Waals surface area contributed by atoms with Gasteiger partial charge in [-0.1, -0.05) is 0 Å². The molecule has 1 heterocycles. The molecule has 1 aromatic rings. The number of hydrogen-bond donors (Lipinski definition) is 2. The summed E-state index contributed by atoms with van der Waals surface area (Å²) in [5, 5.41) is 11.7. The topological polar surface area (TPSA) is 86.7 Å². The number of aliphatic carboxylic acids is 1. The summed E-state index contributed by atoms with van der Waals surface area (Å²) in [5.74, 6) is -1.03. The molecule has 1 aliphatic heterocycles. The number of hydrogen-bond acceptors (Lipinski definition) is 4. The number of thioether (sulfide) groups is 1. The Labute approximate surface area is 145 Å². The molecule has 1 fully saturated rings. The van der Waals surface area contributed by atoms with Crippen molar-refractivity contribution in [1.29, 1.82) is 0 Å². The van der Waals surface area contributed by atoms with Gasteiger partial charge in [-0.15, -0.1) is 11.8 Å². The van der Waals surface area contributed by atoms with Gasteiger partial charge in [-0.05, 0) is 44.5 Å². The van der Waals surface area contributed by atoms with E-state index in [0.717, 1.165) is 4.90 Å². The summed E-state index contributed by atoms with van der Waals surface area (Å²) >= 11 is 1.42. The number of rotatable bonds is 5. The van der Waals surface area contributed by atoms with E-state index >= 15 is 0 Å². The Bertz CT molecular complexity index is 646. The van der Waals surface area contributed by atoms with Crippen molar-refractivity contribution in [2.75, 3.05) is 18.4 Å². The highest BCUT2D eigenvalue weighted by Gasteiger charge is 2.42. The Morgan fingerprint density at radius 1 is 1.29 bits per heavy atom. The molecule has 24 heavy (non-hydrogen) atoms. The molecule has 2 rings (SSSR count). The van der Waals surface area contributed by atoms with Crippen molar-refractivity contribution in [1.82, 2.24) is 4.90 Å². The Kier molecular flexibility index (Phi) is 5.54. The molecule has 2 amide bonds. The second-order valence-corrected chi connectivity index (χ2v) is 7.76. The summed E-state index contributed by atoms with van der Waals surface area (Å²) in [6, 6.07) is 7.28. The van der Waals surface area contributed by atoms with Crippen LogP contribution in [0.4, 0.5) is 5.69 Å². The fourth-order valence-corrected chi connectivity index (χ4v) is 3.61. The molecular weight excluding hydrogens is 328 g/mol. The van der Waals surface area contributed by atoms with Gasteiger partial charge in [0.15, 0.2) is 0 Å². The lowest BCUT2D eigenvalue weighted by atomic mass is 9.90. The number of amides is 2. The summed E-state index contributed by atoms with van der Waals surface area (Å²) in [5.41, 5.74) is -0.136. The van der Waals surface area contributed by atoms with E-state index in [1.54, 1.807) is 24.0 Å². The van der Waals surface area contributed by atoms with Crippen LogP contribution in [-0.4, -0.2) is 46.1 Å². The first-order chi connectivity index (χ1) is 11.2. The van der Waals surface area contributed by atoms with Crippen molar-refractivity contribution in [2.45, 2.75) is 37.3 Å². The Hall–Kier alpha value is -2.02. The number of nitrogens with zero attached hydrogens (tertiary/aromatic N) is 1. The molecule has 0 aliphatic carbocycles. The van der Waals surface area contributed by atoms with Crippen LogP contribution in [-0.2, 0) is 14.4 Å². The van der Waals surface area contributed by atoms with E-state index in [9.17, 15) is 19.5 Å². The van der Waals surface area contributed by atoms with E-state index in [0.29, 0.717) is 18.7 Å². The zero-order chi connectivity index (χ0) is 17.9. The van der Waals surface area contributed by atoms with Gasteiger partial charge in [-0.2, -0.15) is 0 Å². The minimum atomic E-state index is -0.855. The molecule has 0 spiro atoms. The summed E-state index contributed by atoms with van der Waals surface area (Å²) in [4.78, 5) is 37.4. The maximum Gasteiger partial charge on any atom is 0.311 e. The number of carbonyl (C=O) groups excluding carboxylic acids is 2. The van der Waals surface area contributed by atoms with Crippen LogP contribution in [0.2, 0.25) is 0 Å². The number of anilines is 1. The molecule has 2 unspecified atom stereocenters. The highest BCUT2D eigenvalue weighted by atomic mass is 32.2. The number of nitrogens with one attached hydrogen (secondary N) is 1. The van der Waals surface area contributed by atoms with Gasteiger partial charge in [-0.25, -0.2) is 0 Å². The number of likely N-dealkylation sites (tertiary alicyclic amines) is 1. The van der Waals surface area contributed by atoms with Crippen LogP contribution < -0.4 is 5.32 Å². The Morgan fingerprint density at radius 2 is 1.92 bits per heavy atom. The molecule has 2 atom stereocenters. The number of carbonyl (C=O) groups is 3. The summed E-state index contributed by atoms with van der Waals surface area (Å²) in [6.45, 7) is 5.69. The van der Waals surface area contributed by atoms with Crippen molar-refractivity contribution < 1.29 is 19.5 Å². The Balaban J connectivity index is 1.95. The number of benzene rings is 1. The normalized spacial score (nSPS) is 21.4. The molecular formula is C17H22N2O4S. The predicted molar refractivity (Wildman–Crippen MR) is 93.0 cm³/mol. The standard InChI is InChI=1S/C17H22N2O4S/c1-11(15(21)19-9-8-17(3,10-19)16(22)23)24-14-6-4-13(5-7-14)18-12(2)20/h4-7,11H,8-10H2,1-3H3,(H,18,20)(H,22,23). The van der Waals surface area contributed by atoms with Crippen molar-refractivity contribution in [3.8, 4) is 0 Å². The van der Waals surface area contributed by atoms with Crippen molar-refractivity contribution in [3.05, 3.63) is 24.3 Å². The molecule has 0 bridgehead atoms. The molecule has 0 radical (unpaired) electrons. The van der Waals surface area contributed by atoms with Crippen LogP contribution in [0.1, 0.15) is 27.2 Å². The molecule has 1 aromatic carbocycles. The average molecular weight is 350 g/mol. The summed E-state index contributed by atoms with van der Waals surface area (Å²) in [7, 11) is 0. The van der Waals surface area contributed by atoms with Gasteiger partial charge in [0.05, 0.1) is 10.7 Å². The third-order valence-corrected chi connectivity index (χ3v) is 5.24. The van der Waals surface area contributed by atoms with Gasteiger partial charge in [0.2, 0.25) is 11.8 Å². The maximum absolute atomic E-state index is 12.5. The van der Waals surface area contributed by atoms with Crippen LogP contribution in [0, 0.1) is 5.41 Å². The van der Waals surface area contributed by atoms with Gasteiger partial charge in [-0.3, -0.25) is 14.4 Å². The quantitative estimate of drug-likeness (QED) is 0.797.